The summed E-state index contributed by atoms with van der Waals surface area (Å²) in [6, 6.07) is 0. The standard InChI is InChI=1S/C25H44O5/c1-5-6-7-8-9-10-11-14-19-16-17-21(26)20(19)15-12-13-18-25(2,3)22(23(27)28)24(29)30-4/h11,14,19-20,22,24,29H,5-10,12-13,15-18H2,1-4H3,(H,27,28)/t19-,20+,22?,24?/m0/s1. The van der Waals surface area contributed by atoms with Gasteiger partial charge in [-0.05, 0) is 43.4 Å². The number of hydrogen-bond acceptors (Lipinski definition) is 4. The molecule has 0 aromatic carbocycles. The molecule has 2 unspecified atom stereocenters. The molecule has 174 valence electrons. The third-order valence-electron chi connectivity index (χ3n) is 6.73. The van der Waals surface area contributed by atoms with Gasteiger partial charge in [0.15, 0.2) is 6.29 Å². The van der Waals surface area contributed by atoms with E-state index in [9.17, 15) is 19.8 Å². The van der Waals surface area contributed by atoms with Crippen molar-refractivity contribution < 1.29 is 24.5 Å². The first-order chi connectivity index (χ1) is 14.2. The lowest BCUT2D eigenvalue weighted by molar-refractivity contribution is -0.178. The van der Waals surface area contributed by atoms with Crippen LogP contribution in [-0.4, -0.2) is 35.4 Å². The maximum atomic E-state index is 12.3. The zero-order valence-corrected chi connectivity index (χ0v) is 19.6. The average Bonchev–Trinajstić information content (AvgIpc) is 3.03. The normalized spacial score (nSPS) is 22.0. The summed E-state index contributed by atoms with van der Waals surface area (Å²) in [7, 11) is 1.32. The monoisotopic (exact) mass is 424 g/mol. The van der Waals surface area contributed by atoms with Gasteiger partial charge in [-0.15, -0.1) is 0 Å². The number of aliphatic carboxylic acids is 1. The molecule has 1 aliphatic rings. The molecule has 0 saturated heterocycles. The SMILES string of the molecule is CCCCCCCC=C[C@H]1CCC(=O)[C@@H]1CCCCC(C)(C)C(C(=O)O)C(O)OC. The van der Waals surface area contributed by atoms with E-state index in [0.29, 0.717) is 24.5 Å². The van der Waals surface area contributed by atoms with Crippen molar-refractivity contribution in [2.45, 2.75) is 104 Å². The Hall–Kier alpha value is -1.20. The molecule has 0 aliphatic heterocycles. The highest BCUT2D eigenvalue weighted by molar-refractivity contribution is 5.83. The maximum Gasteiger partial charge on any atom is 0.312 e. The topological polar surface area (TPSA) is 83.8 Å². The molecule has 5 nitrogen and oxygen atoms in total. The van der Waals surface area contributed by atoms with E-state index in [1.807, 2.05) is 13.8 Å². The van der Waals surface area contributed by atoms with Crippen LogP contribution in [0.2, 0.25) is 0 Å². The Bertz CT molecular complexity index is 540. The Morgan fingerprint density at radius 3 is 2.53 bits per heavy atom. The number of carboxylic acid groups (broad SMARTS) is 1. The van der Waals surface area contributed by atoms with Gasteiger partial charge in [-0.2, -0.15) is 0 Å². The predicted octanol–water partition coefficient (Wildman–Crippen LogP) is 5.75. The molecule has 0 aromatic rings. The van der Waals surface area contributed by atoms with Crippen LogP contribution in [0.3, 0.4) is 0 Å². The number of aliphatic hydroxyl groups is 1. The van der Waals surface area contributed by atoms with Gasteiger partial charge in [-0.25, -0.2) is 0 Å². The number of carbonyl (C=O) groups excluding carboxylic acids is 1. The van der Waals surface area contributed by atoms with Crippen molar-refractivity contribution in [3.05, 3.63) is 12.2 Å². The molecular weight excluding hydrogens is 380 g/mol. The number of allylic oxidation sites excluding steroid dienone is 2. The lowest BCUT2D eigenvalue weighted by Gasteiger charge is -2.34. The van der Waals surface area contributed by atoms with Crippen molar-refractivity contribution in [1.29, 1.82) is 0 Å². The number of methoxy groups -OCH3 is 1. The quantitative estimate of drug-likeness (QED) is 0.187. The number of carboxylic acids is 1. The van der Waals surface area contributed by atoms with Gasteiger partial charge in [0.25, 0.3) is 0 Å². The first-order valence-electron chi connectivity index (χ1n) is 11.9. The van der Waals surface area contributed by atoms with E-state index in [2.05, 4.69) is 19.1 Å². The summed E-state index contributed by atoms with van der Waals surface area (Å²) >= 11 is 0. The molecule has 4 atom stereocenters. The van der Waals surface area contributed by atoms with E-state index in [-0.39, 0.29) is 5.92 Å². The summed E-state index contributed by atoms with van der Waals surface area (Å²) in [5.41, 5.74) is -0.585. The number of rotatable bonds is 16. The second kappa shape index (κ2) is 14.0. The minimum Gasteiger partial charge on any atom is -0.481 e. The van der Waals surface area contributed by atoms with Gasteiger partial charge in [-0.3, -0.25) is 9.59 Å². The van der Waals surface area contributed by atoms with Crippen LogP contribution >= 0.6 is 0 Å². The number of unbranched alkanes of at least 4 members (excludes halogenated alkanes) is 6. The highest BCUT2D eigenvalue weighted by Gasteiger charge is 2.40. The van der Waals surface area contributed by atoms with Crippen molar-refractivity contribution in [2.75, 3.05) is 7.11 Å². The predicted molar refractivity (Wildman–Crippen MR) is 120 cm³/mol. The van der Waals surface area contributed by atoms with Gasteiger partial charge in [-0.1, -0.05) is 71.4 Å². The zero-order valence-electron chi connectivity index (χ0n) is 19.6. The van der Waals surface area contributed by atoms with Crippen LogP contribution in [0.4, 0.5) is 0 Å². The number of carbonyl (C=O) groups is 2. The highest BCUT2D eigenvalue weighted by Crippen LogP contribution is 2.38. The summed E-state index contributed by atoms with van der Waals surface area (Å²) in [5, 5.41) is 19.4. The molecule has 1 aliphatic carbocycles. The summed E-state index contributed by atoms with van der Waals surface area (Å²) in [5.74, 6) is -1.15. The zero-order chi connectivity index (χ0) is 22.6. The fourth-order valence-corrected chi connectivity index (χ4v) is 4.76. The lowest BCUT2D eigenvalue weighted by Crippen LogP contribution is -2.41. The highest BCUT2D eigenvalue weighted by atomic mass is 16.6. The third-order valence-corrected chi connectivity index (χ3v) is 6.73. The number of ketones is 1. The smallest absolute Gasteiger partial charge is 0.312 e. The van der Waals surface area contributed by atoms with Gasteiger partial charge < -0.3 is 14.9 Å². The van der Waals surface area contributed by atoms with E-state index in [1.54, 1.807) is 0 Å². The summed E-state index contributed by atoms with van der Waals surface area (Å²) in [4.78, 5) is 23.9. The van der Waals surface area contributed by atoms with Crippen LogP contribution in [0.5, 0.6) is 0 Å². The summed E-state index contributed by atoms with van der Waals surface area (Å²) in [6.07, 6.45) is 15.7. The molecule has 30 heavy (non-hydrogen) atoms. The van der Waals surface area contributed by atoms with Crippen LogP contribution in [0.25, 0.3) is 0 Å². The van der Waals surface area contributed by atoms with Gasteiger partial charge in [0.1, 0.15) is 11.7 Å². The lowest BCUT2D eigenvalue weighted by atomic mass is 9.74. The van der Waals surface area contributed by atoms with Crippen molar-refractivity contribution >= 4 is 11.8 Å². The third kappa shape index (κ3) is 8.89. The fraction of sp³-hybridized carbons (Fsp3) is 0.840. The largest absolute Gasteiger partial charge is 0.481 e. The van der Waals surface area contributed by atoms with Gasteiger partial charge in [0.05, 0.1) is 0 Å². The van der Waals surface area contributed by atoms with Gasteiger partial charge in [0.2, 0.25) is 0 Å². The molecule has 5 heteroatoms. The van der Waals surface area contributed by atoms with Crippen LogP contribution in [0.1, 0.15) is 97.8 Å². The van der Waals surface area contributed by atoms with Crippen molar-refractivity contribution in [2.24, 2.45) is 23.2 Å². The minimum absolute atomic E-state index is 0.115. The maximum absolute atomic E-state index is 12.3. The Morgan fingerprint density at radius 1 is 1.20 bits per heavy atom. The van der Waals surface area contributed by atoms with E-state index < -0.39 is 23.6 Å². The summed E-state index contributed by atoms with van der Waals surface area (Å²) < 4.78 is 4.87. The molecule has 0 heterocycles. The molecule has 0 amide bonds. The van der Waals surface area contributed by atoms with Gasteiger partial charge in [0, 0.05) is 19.4 Å². The first-order valence-corrected chi connectivity index (χ1v) is 11.9. The number of ether oxygens (including phenoxy) is 1. The molecule has 0 aromatic heterocycles. The van der Waals surface area contributed by atoms with Crippen molar-refractivity contribution in [1.82, 2.24) is 0 Å². The molecule has 0 radical (unpaired) electrons. The van der Waals surface area contributed by atoms with Gasteiger partial charge >= 0.3 is 5.97 Å². The van der Waals surface area contributed by atoms with E-state index in [1.165, 1.54) is 39.2 Å². The van der Waals surface area contributed by atoms with E-state index in [4.69, 9.17) is 4.74 Å². The Labute approximate surface area is 183 Å². The Morgan fingerprint density at radius 2 is 1.90 bits per heavy atom. The molecule has 1 saturated carbocycles. The molecule has 1 rings (SSSR count). The molecule has 1 fully saturated rings. The second-order valence-electron chi connectivity index (χ2n) is 9.58. The molecule has 0 spiro atoms. The number of hydrogen-bond donors (Lipinski definition) is 2. The Kier molecular flexibility index (Phi) is 12.5. The average molecular weight is 425 g/mol. The van der Waals surface area contributed by atoms with Crippen LogP contribution in [0.15, 0.2) is 12.2 Å². The number of Topliss-reactive ketones (excluding diaryl/α,β-unsaturated/α-hetero) is 1. The minimum atomic E-state index is -1.31. The first kappa shape index (κ1) is 26.8. The second-order valence-corrected chi connectivity index (χ2v) is 9.58. The van der Waals surface area contributed by atoms with E-state index in [0.717, 1.165) is 32.1 Å². The Balaban J connectivity index is 2.43. The molecular formula is C25H44O5. The number of aliphatic hydroxyl groups excluding tert-OH is 1. The van der Waals surface area contributed by atoms with Crippen molar-refractivity contribution in [3.63, 3.8) is 0 Å². The van der Waals surface area contributed by atoms with Crippen LogP contribution in [0, 0.1) is 23.2 Å². The summed E-state index contributed by atoms with van der Waals surface area (Å²) in [6.45, 7) is 5.95. The van der Waals surface area contributed by atoms with Crippen LogP contribution < -0.4 is 0 Å². The van der Waals surface area contributed by atoms with Crippen molar-refractivity contribution in [3.8, 4) is 0 Å². The fourth-order valence-electron chi connectivity index (χ4n) is 4.76. The van der Waals surface area contributed by atoms with E-state index >= 15 is 0 Å². The molecule has 0 bridgehead atoms. The van der Waals surface area contributed by atoms with Crippen LogP contribution in [-0.2, 0) is 14.3 Å². The molecule has 2 N–H and O–H groups in total.